The van der Waals surface area contributed by atoms with Crippen LogP contribution >= 0.6 is 0 Å². The molecule has 0 aromatic carbocycles. The minimum absolute atomic E-state index is 0.175. The van der Waals surface area contributed by atoms with Crippen LogP contribution in [0.4, 0.5) is 0 Å². The highest BCUT2D eigenvalue weighted by molar-refractivity contribution is 5.73. The number of carbonyl (C=O) groups excluding carboxylic acids is 1. The van der Waals surface area contributed by atoms with Crippen LogP contribution in [-0.2, 0) is 20.0 Å². The fourth-order valence-electron chi connectivity index (χ4n) is 2.89. The number of nitrogens with one attached hydrogen (secondary N) is 1. The van der Waals surface area contributed by atoms with Gasteiger partial charge in [-0.25, -0.2) is 4.79 Å². The maximum atomic E-state index is 12.0. The molecule has 25 heavy (non-hydrogen) atoms. The number of carbonyl (C=O) groups is 1. The maximum Gasteiger partial charge on any atom is 0.331 e. The number of H-pyrrole nitrogens is 1. The summed E-state index contributed by atoms with van der Waals surface area (Å²) in [5.41, 5.74) is -3.91. The van der Waals surface area contributed by atoms with Crippen molar-refractivity contribution in [3.05, 3.63) is 33.1 Å². The van der Waals surface area contributed by atoms with Gasteiger partial charge in [0.25, 0.3) is 11.3 Å². The lowest BCUT2D eigenvalue weighted by Gasteiger charge is -2.26. The Hall–Kier alpha value is -2.48. The third-order valence-corrected chi connectivity index (χ3v) is 4.61. The highest BCUT2D eigenvalue weighted by Gasteiger charge is 2.57. The fourth-order valence-corrected chi connectivity index (χ4v) is 2.89. The first-order valence-corrected chi connectivity index (χ1v) is 7.83. The third-order valence-electron chi connectivity index (χ3n) is 4.61. The quantitative estimate of drug-likeness (QED) is 0.535. The highest BCUT2D eigenvalue weighted by atomic mass is 16.6. The summed E-state index contributed by atoms with van der Waals surface area (Å²) in [7, 11) is 0. The van der Waals surface area contributed by atoms with E-state index in [0.717, 1.165) is 31.5 Å². The Morgan fingerprint density at radius 1 is 1.48 bits per heavy atom. The summed E-state index contributed by atoms with van der Waals surface area (Å²) >= 11 is 0. The summed E-state index contributed by atoms with van der Waals surface area (Å²) in [6.07, 6.45) is -1.12. The van der Waals surface area contributed by atoms with Crippen molar-refractivity contribution >= 4 is 5.97 Å². The van der Waals surface area contributed by atoms with Gasteiger partial charge in [0.05, 0.1) is 5.92 Å². The number of rotatable bonds is 4. The van der Waals surface area contributed by atoms with Crippen LogP contribution in [0.1, 0.15) is 19.3 Å². The van der Waals surface area contributed by atoms with Crippen molar-refractivity contribution in [3.63, 3.8) is 0 Å². The van der Waals surface area contributed by atoms with Gasteiger partial charge < -0.3 is 19.7 Å². The number of nitrogens with zero attached hydrogens (tertiary/aromatic N) is 2. The molecule has 2 aliphatic rings. The number of ether oxygens (including phenoxy) is 2. The number of aromatic amines is 1. The van der Waals surface area contributed by atoms with Crippen molar-refractivity contribution in [1.29, 1.82) is 5.26 Å². The number of hydrogen-bond donors (Lipinski definition) is 3. The van der Waals surface area contributed by atoms with Crippen molar-refractivity contribution in [2.45, 2.75) is 43.3 Å². The smallest absolute Gasteiger partial charge is 0.331 e. The van der Waals surface area contributed by atoms with Gasteiger partial charge in [0.1, 0.15) is 31.0 Å². The average Bonchev–Trinajstić information content (AvgIpc) is 2.76. The summed E-state index contributed by atoms with van der Waals surface area (Å²) in [6.45, 7) is -0.366. The van der Waals surface area contributed by atoms with Gasteiger partial charge in [-0.05, 0) is 12.8 Å². The molecule has 2 fully saturated rings. The van der Waals surface area contributed by atoms with Crippen LogP contribution in [0.3, 0.4) is 0 Å². The molecule has 10 heteroatoms. The van der Waals surface area contributed by atoms with Gasteiger partial charge in [-0.1, -0.05) is 6.42 Å². The highest BCUT2D eigenvalue weighted by Crippen LogP contribution is 2.35. The molecule has 3 rings (SSSR count). The molecule has 0 amide bonds. The Morgan fingerprint density at radius 2 is 2.20 bits per heavy atom. The molecule has 1 aromatic rings. The lowest BCUT2D eigenvalue weighted by Crippen LogP contribution is -2.50. The van der Waals surface area contributed by atoms with Crippen LogP contribution in [0.25, 0.3) is 0 Å². The SMILES string of the molecule is N#C[C@@]1(n2ccc(=O)[nH]c2=O)O[C@H](COC(=O)C2CCC2)C(O)C1O. The van der Waals surface area contributed by atoms with E-state index in [-0.39, 0.29) is 12.5 Å². The standard InChI is InChI=1S/C15H17N3O7/c16-7-15(18-5-4-10(19)17-14(18)23)12(21)11(20)9(25-15)6-24-13(22)8-2-1-3-8/h4-5,8-9,11-12,20-21H,1-3,6H2,(H,17,19,23)/t9-,11?,12?,15-/m1/s1. The van der Waals surface area contributed by atoms with Gasteiger partial charge in [0.2, 0.25) is 0 Å². The summed E-state index contributed by atoms with van der Waals surface area (Å²) in [5.74, 6) is -0.599. The Kier molecular flexibility index (Phi) is 4.47. The lowest BCUT2D eigenvalue weighted by atomic mass is 9.86. The van der Waals surface area contributed by atoms with Crippen molar-refractivity contribution in [2.24, 2.45) is 5.92 Å². The molecule has 3 N–H and O–H groups in total. The van der Waals surface area contributed by atoms with Gasteiger partial charge in [-0.2, -0.15) is 5.26 Å². The Bertz CT molecular complexity index is 821. The zero-order chi connectivity index (χ0) is 18.2. The van der Waals surface area contributed by atoms with Crippen LogP contribution in [0, 0.1) is 17.2 Å². The van der Waals surface area contributed by atoms with Crippen LogP contribution in [-0.4, -0.2) is 50.7 Å². The zero-order valence-electron chi connectivity index (χ0n) is 13.1. The minimum Gasteiger partial charge on any atom is -0.463 e. The lowest BCUT2D eigenvalue weighted by molar-refractivity contribution is -0.160. The number of aliphatic hydroxyl groups is 2. The van der Waals surface area contributed by atoms with Crippen molar-refractivity contribution in [1.82, 2.24) is 9.55 Å². The minimum atomic E-state index is -2.24. The topological polar surface area (TPSA) is 155 Å². The predicted molar refractivity (Wildman–Crippen MR) is 80.1 cm³/mol. The summed E-state index contributed by atoms with van der Waals surface area (Å²) in [6, 6.07) is 2.64. The number of aromatic nitrogens is 2. The van der Waals surface area contributed by atoms with Gasteiger partial charge >= 0.3 is 11.7 Å². The van der Waals surface area contributed by atoms with Crippen molar-refractivity contribution < 1.29 is 24.5 Å². The first-order valence-electron chi connectivity index (χ1n) is 7.83. The van der Waals surface area contributed by atoms with Crippen molar-refractivity contribution in [2.75, 3.05) is 6.61 Å². The Morgan fingerprint density at radius 3 is 2.76 bits per heavy atom. The Balaban J connectivity index is 1.81. The Labute approximate surface area is 141 Å². The van der Waals surface area contributed by atoms with E-state index >= 15 is 0 Å². The molecule has 1 saturated carbocycles. The molecule has 1 aliphatic heterocycles. The first-order chi connectivity index (χ1) is 11.9. The van der Waals surface area contributed by atoms with E-state index in [0.29, 0.717) is 4.57 Å². The molecule has 0 radical (unpaired) electrons. The van der Waals surface area contributed by atoms with Gasteiger partial charge in [0, 0.05) is 12.3 Å². The average molecular weight is 351 g/mol. The van der Waals surface area contributed by atoms with Gasteiger partial charge in [0.15, 0.2) is 0 Å². The summed E-state index contributed by atoms with van der Waals surface area (Å²) in [5, 5.41) is 29.9. The fraction of sp³-hybridized carbons (Fsp3) is 0.600. The molecule has 1 aliphatic carbocycles. The molecule has 10 nitrogen and oxygen atoms in total. The molecular formula is C15H17N3O7. The molecule has 2 heterocycles. The van der Waals surface area contributed by atoms with E-state index in [2.05, 4.69) is 0 Å². The number of aliphatic hydroxyl groups excluding tert-OH is 2. The normalized spacial score (nSPS) is 32.0. The van der Waals surface area contributed by atoms with E-state index in [1.54, 1.807) is 6.07 Å². The monoisotopic (exact) mass is 351 g/mol. The van der Waals surface area contributed by atoms with E-state index in [1.807, 2.05) is 4.98 Å². The summed E-state index contributed by atoms with van der Waals surface area (Å²) < 4.78 is 11.2. The van der Waals surface area contributed by atoms with Gasteiger partial charge in [-0.15, -0.1) is 0 Å². The number of nitriles is 1. The van der Waals surface area contributed by atoms with Crippen LogP contribution in [0.2, 0.25) is 0 Å². The van der Waals surface area contributed by atoms with Gasteiger partial charge in [-0.3, -0.25) is 19.1 Å². The van der Waals surface area contributed by atoms with E-state index in [4.69, 9.17) is 9.47 Å². The molecule has 0 spiro atoms. The second-order valence-electron chi connectivity index (χ2n) is 6.14. The molecule has 2 unspecified atom stereocenters. The largest absolute Gasteiger partial charge is 0.463 e. The third kappa shape index (κ3) is 2.86. The molecule has 4 atom stereocenters. The first kappa shape index (κ1) is 17.3. The van der Waals surface area contributed by atoms with E-state index in [1.165, 1.54) is 0 Å². The van der Waals surface area contributed by atoms with Crippen LogP contribution in [0.15, 0.2) is 21.9 Å². The molecule has 134 valence electrons. The zero-order valence-corrected chi connectivity index (χ0v) is 13.1. The second-order valence-corrected chi connectivity index (χ2v) is 6.14. The summed E-state index contributed by atoms with van der Waals surface area (Å²) in [4.78, 5) is 36.9. The number of hydrogen-bond acceptors (Lipinski definition) is 8. The molecule has 0 bridgehead atoms. The molecular weight excluding hydrogens is 334 g/mol. The number of esters is 1. The maximum absolute atomic E-state index is 12.0. The van der Waals surface area contributed by atoms with Crippen molar-refractivity contribution in [3.8, 4) is 6.07 Å². The predicted octanol–water partition coefficient (Wildman–Crippen LogP) is -1.82. The van der Waals surface area contributed by atoms with Crippen LogP contribution in [0.5, 0.6) is 0 Å². The van der Waals surface area contributed by atoms with Crippen LogP contribution < -0.4 is 11.2 Å². The van der Waals surface area contributed by atoms with E-state index < -0.39 is 41.3 Å². The molecule has 1 saturated heterocycles. The second kappa shape index (κ2) is 6.44. The van der Waals surface area contributed by atoms with E-state index in [9.17, 15) is 29.9 Å². The molecule has 1 aromatic heterocycles.